The predicted octanol–water partition coefficient (Wildman–Crippen LogP) is 4.86. The zero-order valence-corrected chi connectivity index (χ0v) is 16.7. The summed E-state index contributed by atoms with van der Waals surface area (Å²) in [6, 6.07) is 5.97. The molecule has 0 atom stereocenters. The molecule has 1 aromatic carbocycles. The van der Waals surface area contributed by atoms with Crippen molar-refractivity contribution < 1.29 is 4.79 Å². The van der Waals surface area contributed by atoms with Crippen LogP contribution < -0.4 is 5.32 Å². The second kappa shape index (κ2) is 10.2. The van der Waals surface area contributed by atoms with E-state index in [0.717, 1.165) is 50.9 Å². The van der Waals surface area contributed by atoms with Gasteiger partial charge in [0.25, 0.3) is 0 Å². The summed E-state index contributed by atoms with van der Waals surface area (Å²) in [6.45, 7) is 7.39. The topological polar surface area (TPSA) is 32.3 Å². The van der Waals surface area contributed by atoms with Gasteiger partial charge in [-0.05, 0) is 57.2 Å². The maximum atomic E-state index is 12.1. The molecular weight excluding hydrogens is 355 g/mol. The number of carbonyl (C=O) groups is 1. The Bertz CT molecular complexity index is 604. The summed E-state index contributed by atoms with van der Waals surface area (Å²) in [6.07, 6.45) is 6.55. The number of nitrogens with one attached hydrogen (secondary N) is 1. The van der Waals surface area contributed by atoms with Crippen LogP contribution in [0.3, 0.4) is 0 Å². The highest BCUT2D eigenvalue weighted by atomic mass is 35.5. The highest BCUT2D eigenvalue weighted by Crippen LogP contribution is 2.23. The van der Waals surface area contributed by atoms with Crippen molar-refractivity contribution in [3.8, 4) is 0 Å². The summed E-state index contributed by atoms with van der Waals surface area (Å²) >= 11 is 11.9. The number of amides is 1. The minimum atomic E-state index is 0.155. The molecule has 1 aliphatic heterocycles. The van der Waals surface area contributed by atoms with Crippen molar-refractivity contribution in [2.24, 2.45) is 0 Å². The Morgan fingerprint density at radius 1 is 1.24 bits per heavy atom. The molecule has 2 rings (SSSR count). The van der Waals surface area contributed by atoms with E-state index in [0.29, 0.717) is 22.5 Å². The van der Waals surface area contributed by atoms with Crippen molar-refractivity contribution in [3.63, 3.8) is 0 Å². The number of likely N-dealkylation sites (tertiary alicyclic amines) is 1. The molecule has 0 saturated carbocycles. The van der Waals surface area contributed by atoms with E-state index in [4.69, 9.17) is 23.2 Å². The van der Waals surface area contributed by atoms with Crippen molar-refractivity contribution in [2.45, 2.75) is 52.0 Å². The predicted molar refractivity (Wildman–Crippen MR) is 106 cm³/mol. The first-order chi connectivity index (χ1) is 11.9. The average molecular weight is 383 g/mol. The molecule has 5 heteroatoms. The van der Waals surface area contributed by atoms with Gasteiger partial charge in [0, 0.05) is 32.1 Å². The van der Waals surface area contributed by atoms with Crippen LogP contribution in [0.1, 0.15) is 45.1 Å². The Labute approximate surface area is 161 Å². The van der Waals surface area contributed by atoms with Gasteiger partial charge in [-0.1, -0.05) is 40.9 Å². The van der Waals surface area contributed by atoms with E-state index in [1.807, 2.05) is 18.2 Å². The Morgan fingerprint density at radius 2 is 1.96 bits per heavy atom. The van der Waals surface area contributed by atoms with E-state index in [9.17, 15) is 4.79 Å². The fourth-order valence-electron chi connectivity index (χ4n) is 3.02. The van der Waals surface area contributed by atoms with Crippen LogP contribution in [0.15, 0.2) is 29.8 Å². The maximum absolute atomic E-state index is 12.1. The molecule has 0 aliphatic carbocycles. The number of benzene rings is 1. The number of piperidine rings is 1. The van der Waals surface area contributed by atoms with Crippen molar-refractivity contribution in [2.75, 3.05) is 19.6 Å². The Balaban J connectivity index is 1.64. The lowest BCUT2D eigenvalue weighted by Gasteiger charge is -2.31. The van der Waals surface area contributed by atoms with Crippen LogP contribution in [0.4, 0.5) is 0 Å². The number of nitrogens with zero attached hydrogens (tertiary/aromatic N) is 1. The van der Waals surface area contributed by atoms with Gasteiger partial charge >= 0.3 is 0 Å². The first kappa shape index (κ1) is 20.3. The smallest absolute Gasteiger partial charge is 0.220 e. The number of hydrogen-bond acceptors (Lipinski definition) is 2. The lowest BCUT2D eigenvalue weighted by atomic mass is 10.0. The van der Waals surface area contributed by atoms with E-state index in [-0.39, 0.29) is 5.91 Å². The van der Waals surface area contributed by atoms with Gasteiger partial charge in [0.1, 0.15) is 0 Å². The second-order valence-electron chi connectivity index (χ2n) is 7.03. The number of rotatable bonds is 7. The van der Waals surface area contributed by atoms with Crippen LogP contribution in [0, 0.1) is 0 Å². The van der Waals surface area contributed by atoms with Crippen molar-refractivity contribution in [3.05, 3.63) is 45.5 Å². The fraction of sp³-hybridized carbons (Fsp3) is 0.550. The summed E-state index contributed by atoms with van der Waals surface area (Å²) in [4.78, 5) is 14.6. The molecule has 1 N–H and O–H groups in total. The molecule has 0 unspecified atom stereocenters. The largest absolute Gasteiger partial charge is 0.353 e. The highest BCUT2D eigenvalue weighted by molar-refractivity contribution is 6.42. The van der Waals surface area contributed by atoms with Crippen molar-refractivity contribution in [1.82, 2.24) is 10.2 Å². The van der Waals surface area contributed by atoms with Crippen LogP contribution in [-0.2, 0) is 11.2 Å². The molecule has 1 fully saturated rings. The summed E-state index contributed by atoms with van der Waals surface area (Å²) in [5, 5.41) is 4.32. The van der Waals surface area contributed by atoms with Gasteiger partial charge in [-0.3, -0.25) is 9.69 Å². The SMILES string of the molecule is CC(C)=CCN1CCC(NC(=O)CCCc2ccc(Cl)c(Cl)c2)CC1. The Morgan fingerprint density at radius 3 is 2.60 bits per heavy atom. The van der Waals surface area contributed by atoms with Crippen LogP contribution in [0.2, 0.25) is 10.0 Å². The molecule has 1 saturated heterocycles. The molecule has 1 aromatic rings. The van der Waals surface area contributed by atoms with Crippen LogP contribution >= 0.6 is 23.2 Å². The third-order valence-electron chi connectivity index (χ3n) is 4.56. The third-order valence-corrected chi connectivity index (χ3v) is 5.30. The number of hydrogen-bond donors (Lipinski definition) is 1. The lowest BCUT2D eigenvalue weighted by molar-refractivity contribution is -0.122. The number of carbonyl (C=O) groups excluding carboxylic acids is 1. The van der Waals surface area contributed by atoms with E-state index >= 15 is 0 Å². The normalized spacial score (nSPS) is 15.8. The summed E-state index contributed by atoms with van der Waals surface area (Å²) < 4.78 is 0. The zero-order valence-electron chi connectivity index (χ0n) is 15.2. The zero-order chi connectivity index (χ0) is 18.2. The van der Waals surface area contributed by atoms with Gasteiger partial charge < -0.3 is 5.32 Å². The molecule has 1 amide bonds. The molecule has 3 nitrogen and oxygen atoms in total. The first-order valence-corrected chi connectivity index (χ1v) is 9.78. The monoisotopic (exact) mass is 382 g/mol. The van der Waals surface area contributed by atoms with Gasteiger partial charge in [-0.15, -0.1) is 0 Å². The molecule has 1 aliphatic rings. The lowest BCUT2D eigenvalue weighted by Crippen LogP contribution is -2.44. The number of halogens is 2. The third kappa shape index (κ3) is 7.39. The highest BCUT2D eigenvalue weighted by Gasteiger charge is 2.19. The van der Waals surface area contributed by atoms with Crippen LogP contribution in [0.5, 0.6) is 0 Å². The second-order valence-corrected chi connectivity index (χ2v) is 7.84. The minimum Gasteiger partial charge on any atom is -0.353 e. The summed E-state index contributed by atoms with van der Waals surface area (Å²) in [5.74, 6) is 0.155. The molecule has 25 heavy (non-hydrogen) atoms. The quantitative estimate of drug-likeness (QED) is 0.682. The van der Waals surface area contributed by atoms with E-state index in [2.05, 4.69) is 30.1 Å². The van der Waals surface area contributed by atoms with Gasteiger partial charge in [0.15, 0.2) is 0 Å². The number of aryl methyl sites for hydroxylation is 1. The van der Waals surface area contributed by atoms with Gasteiger partial charge in [0.2, 0.25) is 5.91 Å². The summed E-state index contributed by atoms with van der Waals surface area (Å²) in [7, 11) is 0. The molecule has 0 radical (unpaired) electrons. The number of allylic oxidation sites excluding steroid dienone is 1. The van der Waals surface area contributed by atoms with Gasteiger partial charge in [-0.25, -0.2) is 0 Å². The van der Waals surface area contributed by atoms with Crippen LogP contribution in [0.25, 0.3) is 0 Å². The summed E-state index contributed by atoms with van der Waals surface area (Å²) in [5.41, 5.74) is 2.48. The molecule has 0 aromatic heterocycles. The van der Waals surface area contributed by atoms with Gasteiger partial charge in [0.05, 0.1) is 10.0 Å². The van der Waals surface area contributed by atoms with Crippen molar-refractivity contribution in [1.29, 1.82) is 0 Å². The van der Waals surface area contributed by atoms with E-state index in [1.54, 1.807) is 0 Å². The van der Waals surface area contributed by atoms with E-state index in [1.165, 1.54) is 5.57 Å². The van der Waals surface area contributed by atoms with Gasteiger partial charge in [-0.2, -0.15) is 0 Å². The molecular formula is C20H28Cl2N2O. The fourth-order valence-corrected chi connectivity index (χ4v) is 3.34. The molecule has 0 spiro atoms. The van der Waals surface area contributed by atoms with Crippen molar-refractivity contribution >= 4 is 29.1 Å². The van der Waals surface area contributed by atoms with E-state index < -0.39 is 0 Å². The molecule has 1 heterocycles. The standard InChI is InChI=1S/C20H28Cl2N2O/c1-15(2)8-11-24-12-9-17(10-13-24)23-20(25)5-3-4-16-6-7-18(21)19(22)14-16/h6-8,14,17H,3-5,9-13H2,1-2H3,(H,23,25). The minimum absolute atomic E-state index is 0.155. The molecule has 0 bridgehead atoms. The average Bonchev–Trinajstić information content (AvgIpc) is 2.57. The first-order valence-electron chi connectivity index (χ1n) is 9.03. The van der Waals surface area contributed by atoms with Crippen LogP contribution in [-0.4, -0.2) is 36.5 Å². The maximum Gasteiger partial charge on any atom is 0.220 e. The Hall–Kier alpha value is -1.03. The Kier molecular flexibility index (Phi) is 8.28. The molecule has 138 valence electrons.